The van der Waals surface area contributed by atoms with Crippen molar-refractivity contribution in [1.29, 1.82) is 0 Å². The summed E-state index contributed by atoms with van der Waals surface area (Å²) < 4.78 is 0. The minimum atomic E-state index is 1.22. The van der Waals surface area contributed by atoms with Gasteiger partial charge in [0.15, 0.2) is 0 Å². The van der Waals surface area contributed by atoms with Crippen molar-refractivity contribution in [3.05, 3.63) is 101 Å². The van der Waals surface area contributed by atoms with Crippen LogP contribution >= 0.6 is 0 Å². The molecule has 0 saturated carbocycles. The summed E-state index contributed by atoms with van der Waals surface area (Å²) in [5, 5.41) is 0. The number of rotatable bonds is 4. The summed E-state index contributed by atoms with van der Waals surface area (Å²) >= 11 is 0. The van der Waals surface area contributed by atoms with E-state index in [0.717, 1.165) is 0 Å². The molecule has 0 spiro atoms. The summed E-state index contributed by atoms with van der Waals surface area (Å²) in [5.74, 6) is 0. The molecule has 110 valence electrons. The van der Waals surface area contributed by atoms with Crippen LogP contribution in [0.15, 0.2) is 78.9 Å². The van der Waals surface area contributed by atoms with Gasteiger partial charge in [-0.25, -0.2) is 0 Å². The van der Waals surface area contributed by atoms with Crippen LogP contribution in [0.2, 0.25) is 0 Å². The van der Waals surface area contributed by atoms with E-state index >= 15 is 0 Å². The predicted molar refractivity (Wildman–Crippen MR) is 105 cm³/mol. The van der Waals surface area contributed by atoms with Gasteiger partial charge in [0.1, 0.15) is 7.85 Å². The first-order valence-corrected chi connectivity index (χ1v) is 7.88. The molecule has 0 radical (unpaired) electrons. The molecule has 0 N–H and O–H groups in total. The van der Waals surface area contributed by atoms with Gasteiger partial charge >= 0.3 is 0 Å². The Labute approximate surface area is 139 Å². The molecule has 0 atom stereocenters. The van der Waals surface area contributed by atoms with Gasteiger partial charge < -0.3 is 0 Å². The third kappa shape index (κ3) is 4.34. The summed E-state index contributed by atoms with van der Waals surface area (Å²) in [5.41, 5.74) is 6.21. The quantitative estimate of drug-likeness (QED) is 0.497. The molecule has 0 bridgehead atoms. The van der Waals surface area contributed by atoms with Crippen molar-refractivity contribution in [2.45, 2.75) is 0 Å². The summed E-state index contributed by atoms with van der Waals surface area (Å²) in [4.78, 5) is 0. The first-order chi connectivity index (χ1) is 11.3. The molecule has 0 nitrogen and oxygen atoms in total. The minimum Gasteiger partial charge on any atom is -0.0813 e. The van der Waals surface area contributed by atoms with Gasteiger partial charge in [-0.05, 0) is 22.3 Å². The normalized spacial score (nSPS) is 11.3. The molecule has 23 heavy (non-hydrogen) atoms. The molecule has 0 saturated heterocycles. The first kappa shape index (κ1) is 15.1. The number of benzene rings is 3. The number of hydrogen-bond donors (Lipinski definition) is 0. The predicted octanol–water partition coefficient (Wildman–Crippen LogP) is 4.29. The zero-order valence-corrected chi connectivity index (χ0v) is 13.3. The Morgan fingerprint density at radius 3 is 1.61 bits per heavy atom. The van der Waals surface area contributed by atoms with Gasteiger partial charge in [-0.15, -0.1) is 0 Å². The van der Waals surface area contributed by atoms with Crippen LogP contribution in [0.25, 0.3) is 24.3 Å². The molecule has 0 fully saturated rings. The molecule has 0 aromatic heterocycles. The Hall–Kier alpha value is -2.80. The van der Waals surface area contributed by atoms with Crippen molar-refractivity contribution in [3.63, 3.8) is 0 Å². The number of hydrogen-bond acceptors (Lipinski definition) is 0. The van der Waals surface area contributed by atoms with E-state index in [4.69, 9.17) is 0 Å². The highest BCUT2D eigenvalue weighted by atomic mass is 14.0. The summed E-state index contributed by atoms with van der Waals surface area (Å²) in [6.45, 7) is 0. The summed E-state index contributed by atoms with van der Waals surface area (Å²) in [7, 11) is 2.16. The maximum absolute atomic E-state index is 2.23. The lowest BCUT2D eigenvalue weighted by molar-refractivity contribution is 1.64. The lowest BCUT2D eigenvalue weighted by Gasteiger charge is -2.03. The summed E-state index contributed by atoms with van der Waals surface area (Å²) in [6.07, 6.45) is 8.64. The maximum Gasteiger partial charge on any atom is 0.140 e. The van der Waals surface area contributed by atoms with E-state index in [1.54, 1.807) is 0 Å². The molecule has 0 aliphatic rings. The molecule has 0 heterocycles. The smallest absolute Gasteiger partial charge is 0.0813 e. The van der Waals surface area contributed by atoms with Crippen molar-refractivity contribution in [2.24, 2.45) is 0 Å². The van der Waals surface area contributed by atoms with E-state index in [1.807, 2.05) is 12.1 Å². The fraction of sp³-hybridized carbons (Fsp3) is 0. The Bertz CT molecular complexity index is 815. The monoisotopic (exact) mass is 294 g/mol. The third-order valence-electron chi connectivity index (χ3n) is 3.82. The Morgan fingerprint density at radius 2 is 1.04 bits per heavy atom. The molecular weight excluding hydrogens is 275 g/mol. The van der Waals surface area contributed by atoms with Gasteiger partial charge in [-0.1, -0.05) is 109 Å². The average Bonchev–Trinajstić information content (AvgIpc) is 2.61. The van der Waals surface area contributed by atoms with Crippen LogP contribution in [0.1, 0.15) is 22.3 Å². The van der Waals surface area contributed by atoms with Crippen LogP contribution in [-0.4, -0.2) is 7.85 Å². The highest BCUT2D eigenvalue weighted by molar-refractivity contribution is 6.34. The average molecular weight is 294 g/mol. The molecule has 3 rings (SSSR count). The van der Waals surface area contributed by atoms with E-state index in [9.17, 15) is 0 Å². The second-order valence-corrected chi connectivity index (χ2v) is 5.60. The highest BCUT2D eigenvalue weighted by Crippen LogP contribution is 2.10. The highest BCUT2D eigenvalue weighted by Gasteiger charge is 1.96. The van der Waals surface area contributed by atoms with E-state index in [0.29, 0.717) is 0 Å². The second-order valence-electron chi connectivity index (χ2n) is 5.60. The van der Waals surface area contributed by atoms with Crippen molar-refractivity contribution in [1.82, 2.24) is 0 Å². The molecule has 0 unspecified atom stereocenters. The molecular formula is C22H19B. The van der Waals surface area contributed by atoms with Gasteiger partial charge in [-0.3, -0.25) is 0 Å². The standard InChI is InChI=1S/C22H19B/c23-22-17-20(12-11-18-7-3-1-4-8-18)14-16-21(22)15-13-19-9-5-2-6-10-19/h1-17H,23H2/b12-11+,15-13+. The van der Waals surface area contributed by atoms with Crippen molar-refractivity contribution < 1.29 is 0 Å². The van der Waals surface area contributed by atoms with Gasteiger partial charge in [0.2, 0.25) is 0 Å². The minimum absolute atomic E-state index is 1.22. The first-order valence-electron chi connectivity index (χ1n) is 7.88. The van der Waals surface area contributed by atoms with E-state index in [-0.39, 0.29) is 0 Å². The molecule has 0 amide bonds. The van der Waals surface area contributed by atoms with Crippen molar-refractivity contribution >= 4 is 37.6 Å². The lowest BCUT2D eigenvalue weighted by atomic mass is 9.88. The van der Waals surface area contributed by atoms with Gasteiger partial charge in [0, 0.05) is 0 Å². The molecule has 0 aliphatic heterocycles. The van der Waals surface area contributed by atoms with Crippen LogP contribution in [-0.2, 0) is 0 Å². The van der Waals surface area contributed by atoms with E-state index in [1.165, 1.54) is 27.7 Å². The van der Waals surface area contributed by atoms with Gasteiger partial charge in [-0.2, -0.15) is 0 Å². The third-order valence-corrected chi connectivity index (χ3v) is 3.82. The zero-order valence-electron chi connectivity index (χ0n) is 13.3. The van der Waals surface area contributed by atoms with Gasteiger partial charge in [0.25, 0.3) is 0 Å². The Kier molecular flexibility index (Phi) is 4.90. The fourth-order valence-electron chi connectivity index (χ4n) is 2.50. The van der Waals surface area contributed by atoms with Crippen molar-refractivity contribution in [3.8, 4) is 0 Å². The fourth-order valence-corrected chi connectivity index (χ4v) is 2.50. The molecule has 0 aliphatic carbocycles. The molecule has 3 aromatic carbocycles. The largest absolute Gasteiger partial charge is 0.140 e. The molecule has 3 aromatic rings. The van der Waals surface area contributed by atoms with Gasteiger partial charge in [0.05, 0.1) is 0 Å². The van der Waals surface area contributed by atoms with Crippen LogP contribution < -0.4 is 5.46 Å². The Balaban J connectivity index is 1.76. The van der Waals surface area contributed by atoms with Crippen LogP contribution in [0.3, 0.4) is 0 Å². The zero-order chi connectivity index (χ0) is 15.9. The topological polar surface area (TPSA) is 0 Å². The molecule has 1 heteroatoms. The van der Waals surface area contributed by atoms with Crippen LogP contribution in [0.4, 0.5) is 0 Å². The van der Waals surface area contributed by atoms with Crippen molar-refractivity contribution in [2.75, 3.05) is 0 Å². The maximum atomic E-state index is 2.23. The van der Waals surface area contributed by atoms with E-state index < -0.39 is 0 Å². The summed E-state index contributed by atoms with van der Waals surface area (Å²) in [6, 6.07) is 27.3. The van der Waals surface area contributed by atoms with Crippen LogP contribution in [0, 0.1) is 0 Å². The SMILES string of the molecule is Bc1cc(/C=C/c2ccccc2)ccc1/C=C/c1ccccc1. The van der Waals surface area contributed by atoms with E-state index in [2.05, 4.69) is 98.9 Å². The second kappa shape index (κ2) is 7.46. The van der Waals surface area contributed by atoms with Crippen LogP contribution in [0.5, 0.6) is 0 Å². The lowest BCUT2D eigenvalue weighted by Crippen LogP contribution is -2.06. The Morgan fingerprint density at radius 1 is 0.522 bits per heavy atom.